The minimum absolute atomic E-state index is 0.00924. The molecule has 0 radical (unpaired) electrons. The lowest BCUT2D eigenvalue weighted by molar-refractivity contribution is 0.204. The third-order valence-electron chi connectivity index (χ3n) is 2.76. The number of aliphatic hydroxyl groups is 1. The standard InChI is InChI=1S/C13H17F3N2O2/c1-13(2,3-4-19)7-17-12(20)18-8-5-9(14)11(16)10(15)6-8/h5-6,19H,3-4,7H2,1-2H3,(H2,17,18,20). The minimum atomic E-state index is -1.58. The Bertz CT molecular complexity index is 469. The van der Waals surface area contributed by atoms with Crippen LogP contribution in [0.2, 0.25) is 0 Å². The number of hydrogen-bond donors (Lipinski definition) is 3. The van der Waals surface area contributed by atoms with Gasteiger partial charge in [0.05, 0.1) is 0 Å². The highest BCUT2D eigenvalue weighted by molar-refractivity contribution is 5.89. The Kier molecular flexibility index (Phi) is 5.38. The molecule has 0 aliphatic heterocycles. The van der Waals surface area contributed by atoms with Crippen LogP contribution in [0.25, 0.3) is 0 Å². The van der Waals surface area contributed by atoms with Crippen LogP contribution in [0.4, 0.5) is 23.7 Å². The molecule has 0 aliphatic rings. The van der Waals surface area contributed by atoms with E-state index in [4.69, 9.17) is 5.11 Å². The van der Waals surface area contributed by atoms with Crippen molar-refractivity contribution in [2.75, 3.05) is 18.5 Å². The average Bonchev–Trinajstić information content (AvgIpc) is 2.33. The van der Waals surface area contributed by atoms with E-state index in [2.05, 4.69) is 10.6 Å². The molecule has 20 heavy (non-hydrogen) atoms. The molecule has 0 aliphatic carbocycles. The van der Waals surface area contributed by atoms with E-state index < -0.39 is 23.5 Å². The van der Waals surface area contributed by atoms with Crippen molar-refractivity contribution >= 4 is 11.7 Å². The molecule has 0 fully saturated rings. The molecule has 3 N–H and O–H groups in total. The van der Waals surface area contributed by atoms with Crippen molar-refractivity contribution < 1.29 is 23.1 Å². The van der Waals surface area contributed by atoms with E-state index in [1.807, 2.05) is 13.8 Å². The highest BCUT2D eigenvalue weighted by Gasteiger charge is 2.18. The van der Waals surface area contributed by atoms with Crippen LogP contribution in [0, 0.1) is 22.9 Å². The Labute approximate surface area is 115 Å². The van der Waals surface area contributed by atoms with Crippen molar-refractivity contribution in [3.05, 3.63) is 29.6 Å². The number of hydrogen-bond acceptors (Lipinski definition) is 2. The Morgan fingerprint density at radius 3 is 2.30 bits per heavy atom. The molecular weight excluding hydrogens is 273 g/mol. The monoisotopic (exact) mass is 290 g/mol. The van der Waals surface area contributed by atoms with Gasteiger partial charge in [-0.25, -0.2) is 18.0 Å². The number of carbonyl (C=O) groups is 1. The number of nitrogens with one attached hydrogen (secondary N) is 2. The fraction of sp³-hybridized carbons (Fsp3) is 0.462. The molecule has 112 valence electrons. The van der Waals surface area contributed by atoms with Gasteiger partial charge in [-0.1, -0.05) is 13.8 Å². The zero-order chi connectivity index (χ0) is 15.3. The topological polar surface area (TPSA) is 61.4 Å². The number of carbonyl (C=O) groups excluding carboxylic acids is 1. The Morgan fingerprint density at radius 1 is 1.25 bits per heavy atom. The summed E-state index contributed by atoms with van der Waals surface area (Å²) in [6, 6.07) is 0.717. The van der Waals surface area contributed by atoms with E-state index in [0.29, 0.717) is 18.6 Å². The minimum Gasteiger partial charge on any atom is -0.396 e. The van der Waals surface area contributed by atoms with Crippen LogP contribution in [0.3, 0.4) is 0 Å². The third-order valence-corrected chi connectivity index (χ3v) is 2.76. The largest absolute Gasteiger partial charge is 0.396 e. The second-order valence-electron chi connectivity index (χ2n) is 5.20. The SMILES string of the molecule is CC(C)(CCO)CNC(=O)Nc1cc(F)c(F)c(F)c1. The van der Waals surface area contributed by atoms with Crippen molar-refractivity contribution in [2.45, 2.75) is 20.3 Å². The Balaban J connectivity index is 2.59. The lowest BCUT2D eigenvalue weighted by Crippen LogP contribution is -2.37. The fourth-order valence-corrected chi connectivity index (χ4v) is 1.51. The van der Waals surface area contributed by atoms with Gasteiger partial charge >= 0.3 is 6.03 Å². The first-order chi connectivity index (χ1) is 9.25. The second kappa shape index (κ2) is 6.60. The van der Waals surface area contributed by atoms with Crippen LogP contribution in [-0.4, -0.2) is 24.3 Å². The summed E-state index contributed by atoms with van der Waals surface area (Å²) in [6.45, 7) is 3.96. The smallest absolute Gasteiger partial charge is 0.319 e. The first kappa shape index (κ1) is 16.3. The van der Waals surface area contributed by atoms with Crippen LogP contribution < -0.4 is 10.6 Å². The molecule has 0 spiro atoms. The zero-order valence-corrected chi connectivity index (χ0v) is 11.3. The average molecular weight is 290 g/mol. The maximum Gasteiger partial charge on any atom is 0.319 e. The molecule has 1 aromatic carbocycles. The number of aliphatic hydroxyl groups excluding tert-OH is 1. The molecule has 1 aromatic rings. The first-order valence-corrected chi connectivity index (χ1v) is 6.05. The summed E-state index contributed by atoms with van der Waals surface area (Å²) in [4.78, 5) is 11.5. The van der Waals surface area contributed by atoms with Crippen molar-refractivity contribution in [3.63, 3.8) is 0 Å². The van der Waals surface area contributed by atoms with E-state index in [1.54, 1.807) is 0 Å². The number of anilines is 1. The summed E-state index contributed by atoms with van der Waals surface area (Å²) in [7, 11) is 0. The van der Waals surface area contributed by atoms with E-state index in [1.165, 1.54) is 0 Å². The Morgan fingerprint density at radius 2 is 1.80 bits per heavy atom. The van der Waals surface area contributed by atoms with Gasteiger partial charge < -0.3 is 15.7 Å². The second-order valence-corrected chi connectivity index (χ2v) is 5.20. The van der Waals surface area contributed by atoms with Crippen molar-refractivity contribution in [2.24, 2.45) is 5.41 Å². The van der Waals surface area contributed by atoms with E-state index in [-0.39, 0.29) is 24.3 Å². The first-order valence-electron chi connectivity index (χ1n) is 6.05. The van der Waals surface area contributed by atoms with E-state index in [0.717, 1.165) is 0 Å². The van der Waals surface area contributed by atoms with Crippen LogP contribution in [0.15, 0.2) is 12.1 Å². The van der Waals surface area contributed by atoms with Gasteiger partial charge in [0.15, 0.2) is 17.5 Å². The zero-order valence-electron chi connectivity index (χ0n) is 11.3. The summed E-state index contributed by atoms with van der Waals surface area (Å²) in [6.07, 6.45) is 0.493. The maximum atomic E-state index is 13.0. The fourth-order valence-electron chi connectivity index (χ4n) is 1.51. The van der Waals surface area contributed by atoms with Gasteiger partial charge in [0, 0.05) is 31.0 Å². The highest BCUT2D eigenvalue weighted by atomic mass is 19.2. The molecule has 0 unspecified atom stereocenters. The summed E-state index contributed by atoms with van der Waals surface area (Å²) >= 11 is 0. The lowest BCUT2D eigenvalue weighted by atomic mass is 9.90. The molecule has 1 rings (SSSR count). The highest BCUT2D eigenvalue weighted by Crippen LogP contribution is 2.19. The third kappa shape index (κ3) is 4.73. The molecule has 2 amide bonds. The van der Waals surface area contributed by atoms with Gasteiger partial charge in [0.1, 0.15) is 0 Å². The van der Waals surface area contributed by atoms with Crippen molar-refractivity contribution in [3.8, 4) is 0 Å². The predicted octanol–water partition coefficient (Wildman–Crippen LogP) is 2.63. The number of rotatable bonds is 5. The van der Waals surface area contributed by atoms with E-state index >= 15 is 0 Å². The van der Waals surface area contributed by atoms with Gasteiger partial charge in [0.25, 0.3) is 0 Å². The molecule has 0 saturated carbocycles. The van der Waals surface area contributed by atoms with Gasteiger partial charge in [-0.2, -0.15) is 0 Å². The summed E-state index contributed by atoms with van der Waals surface area (Å²) in [5.74, 6) is -4.33. The molecule has 0 bridgehead atoms. The summed E-state index contributed by atoms with van der Waals surface area (Å²) in [5, 5.41) is 13.6. The molecule has 0 atom stereocenters. The predicted molar refractivity (Wildman–Crippen MR) is 68.8 cm³/mol. The molecule has 4 nitrogen and oxygen atoms in total. The molecule has 0 saturated heterocycles. The van der Waals surface area contributed by atoms with Gasteiger partial charge in [0.2, 0.25) is 0 Å². The van der Waals surface area contributed by atoms with Crippen LogP contribution in [-0.2, 0) is 0 Å². The molecule has 7 heteroatoms. The quantitative estimate of drug-likeness (QED) is 0.730. The Hall–Kier alpha value is -1.76. The number of urea groups is 1. The van der Waals surface area contributed by atoms with E-state index in [9.17, 15) is 18.0 Å². The summed E-state index contributed by atoms with van der Waals surface area (Å²) < 4.78 is 38.6. The number of amides is 2. The molecule has 0 aromatic heterocycles. The van der Waals surface area contributed by atoms with Gasteiger partial charge in [-0.05, 0) is 11.8 Å². The number of halogens is 3. The van der Waals surface area contributed by atoms with Crippen molar-refractivity contribution in [1.82, 2.24) is 5.32 Å². The maximum absolute atomic E-state index is 13.0. The van der Waals surface area contributed by atoms with Crippen LogP contribution >= 0.6 is 0 Å². The van der Waals surface area contributed by atoms with Gasteiger partial charge in [-0.3, -0.25) is 0 Å². The summed E-state index contributed by atoms with van der Waals surface area (Å²) in [5.41, 5.74) is -0.496. The van der Waals surface area contributed by atoms with Crippen LogP contribution in [0.1, 0.15) is 20.3 Å². The molecular formula is C13H17F3N2O2. The number of benzene rings is 1. The molecule has 0 heterocycles. The van der Waals surface area contributed by atoms with Gasteiger partial charge in [-0.15, -0.1) is 0 Å². The normalized spacial score (nSPS) is 11.3. The lowest BCUT2D eigenvalue weighted by Gasteiger charge is -2.23. The van der Waals surface area contributed by atoms with Crippen LogP contribution in [0.5, 0.6) is 0 Å². The van der Waals surface area contributed by atoms with Crippen molar-refractivity contribution in [1.29, 1.82) is 0 Å².